The summed E-state index contributed by atoms with van der Waals surface area (Å²) in [7, 11) is 2.03. The molecule has 0 spiro atoms. The maximum Gasteiger partial charge on any atom is 0.216 e. The highest BCUT2D eigenvalue weighted by molar-refractivity contribution is 6.13. The normalized spacial score (nSPS) is 11.9. The second kappa shape index (κ2) is 8.95. The van der Waals surface area contributed by atoms with Crippen molar-refractivity contribution in [3.8, 4) is 33.5 Å². The molecule has 2 heterocycles. The summed E-state index contributed by atoms with van der Waals surface area (Å²) in [6, 6.07) is 30.5. The molecule has 0 fully saturated rings. The van der Waals surface area contributed by atoms with Crippen molar-refractivity contribution < 1.29 is 13.4 Å². The zero-order chi connectivity index (χ0) is 26.6. The van der Waals surface area contributed by atoms with Crippen molar-refractivity contribution >= 4 is 21.9 Å². The summed E-state index contributed by atoms with van der Waals surface area (Å²) >= 11 is 0. The summed E-state index contributed by atoms with van der Waals surface area (Å²) in [4.78, 5) is 0. The molecule has 4 aromatic carbocycles. The molecule has 38 heavy (non-hydrogen) atoms. The third-order valence-electron chi connectivity index (χ3n) is 7.54. The number of rotatable bonds is 3. The predicted molar refractivity (Wildman–Crippen MR) is 155 cm³/mol. The molecule has 0 radical (unpaired) electrons. The second-order valence-electron chi connectivity index (χ2n) is 11.1. The first kappa shape index (κ1) is 24.1. The van der Waals surface area contributed by atoms with Crippen LogP contribution >= 0.6 is 0 Å². The molecule has 6 aromatic rings. The van der Waals surface area contributed by atoms with E-state index in [1.54, 1.807) is 6.07 Å². The van der Waals surface area contributed by atoms with Gasteiger partial charge in [-0.3, -0.25) is 0 Å². The Kier molecular flexibility index (Phi) is 5.68. The van der Waals surface area contributed by atoms with Gasteiger partial charge in [-0.15, -0.1) is 0 Å². The lowest BCUT2D eigenvalue weighted by atomic mass is 9.86. The van der Waals surface area contributed by atoms with Crippen LogP contribution in [0.4, 0.5) is 4.39 Å². The zero-order valence-corrected chi connectivity index (χ0v) is 22.5. The van der Waals surface area contributed by atoms with Crippen LogP contribution in [-0.2, 0) is 12.5 Å². The predicted octanol–water partition coefficient (Wildman–Crippen LogP) is 9.16. The SMILES string of the molecule is Cc1ccc2c(oc3c(-c4ccc(-c5ccc(C(C)(C)C)cc5)cc4)c(F)ccc32)c1-c1cccc[n+]1C. The van der Waals surface area contributed by atoms with Gasteiger partial charge in [0.1, 0.15) is 24.0 Å². The molecule has 0 saturated carbocycles. The van der Waals surface area contributed by atoms with Crippen molar-refractivity contribution in [1.82, 2.24) is 0 Å². The maximum absolute atomic E-state index is 15.4. The van der Waals surface area contributed by atoms with E-state index in [0.29, 0.717) is 11.1 Å². The van der Waals surface area contributed by atoms with E-state index in [1.165, 1.54) is 5.56 Å². The van der Waals surface area contributed by atoms with Gasteiger partial charge in [0.2, 0.25) is 5.69 Å². The van der Waals surface area contributed by atoms with E-state index in [2.05, 4.69) is 86.9 Å². The number of hydrogen-bond donors (Lipinski definition) is 0. The van der Waals surface area contributed by atoms with Gasteiger partial charge in [-0.1, -0.05) is 81.4 Å². The Hall–Kier alpha value is -4.24. The minimum atomic E-state index is -0.289. The highest BCUT2D eigenvalue weighted by Crippen LogP contribution is 2.41. The van der Waals surface area contributed by atoms with E-state index >= 15 is 4.39 Å². The Morgan fingerprint density at radius 1 is 0.658 bits per heavy atom. The molecule has 0 bridgehead atoms. The number of halogens is 1. The van der Waals surface area contributed by atoms with Gasteiger partial charge in [-0.25, -0.2) is 8.96 Å². The number of benzene rings is 4. The number of aromatic nitrogens is 1. The first-order chi connectivity index (χ1) is 18.2. The summed E-state index contributed by atoms with van der Waals surface area (Å²) in [5.41, 5.74) is 9.50. The van der Waals surface area contributed by atoms with Crippen LogP contribution in [0.5, 0.6) is 0 Å². The Morgan fingerprint density at radius 2 is 1.24 bits per heavy atom. The van der Waals surface area contributed by atoms with Crippen molar-refractivity contribution in [2.24, 2.45) is 7.05 Å². The van der Waals surface area contributed by atoms with Crippen LogP contribution in [0, 0.1) is 12.7 Å². The highest BCUT2D eigenvalue weighted by Gasteiger charge is 2.23. The lowest BCUT2D eigenvalue weighted by Gasteiger charge is -2.19. The third-order valence-corrected chi connectivity index (χ3v) is 7.54. The van der Waals surface area contributed by atoms with Crippen LogP contribution in [0.2, 0.25) is 0 Å². The topological polar surface area (TPSA) is 17.0 Å². The van der Waals surface area contributed by atoms with E-state index < -0.39 is 0 Å². The fraction of sp³-hybridized carbons (Fsp3) is 0.171. The summed E-state index contributed by atoms with van der Waals surface area (Å²) in [6.07, 6.45) is 2.03. The van der Waals surface area contributed by atoms with E-state index in [0.717, 1.165) is 49.9 Å². The fourth-order valence-electron chi connectivity index (χ4n) is 5.34. The molecule has 0 aliphatic carbocycles. The smallest absolute Gasteiger partial charge is 0.216 e. The molecule has 3 heteroatoms. The van der Waals surface area contributed by atoms with Crippen molar-refractivity contribution in [1.29, 1.82) is 0 Å². The monoisotopic (exact) mass is 500 g/mol. The Morgan fingerprint density at radius 3 is 1.87 bits per heavy atom. The molecule has 0 aliphatic rings. The molecular formula is C35H31FNO+. The van der Waals surface area contributed by atoms with Crippen molar-refractivity contribution in [2.45, 2.75) is 33.1 Å². The van der Waals surface area contributed by atoms with Crippen molar-refractivity contribution in [3.05, 3.63) is 114 Å². The highest BCUT2D eigenvalue weighted by atomic mass is 19.1. The first-order valence-electron chi connectivity index (χ1n) is 13.0. The standard InChI is InChI=1S/C35H31FNO/c1-22-9-18-27-28-19-20-29(36)32(34(28)38-33(27)31(22)30-8-6-7-21-37(30)5)25-12-10-23(11-13-25)24-14-16-26(17-15-24)35(2,3)4/h6-21H,1-5H3/q+1. The third kappa shape index (κ3) is 3.99. The zero-order valence-electron chi connectivity index (χ0n) is 22.5. The summed E-state index contributed by atoms with van der Waals surface area (Å²) < 4.78 is 24.0. The average Bonchev–Trinajstić information content (AvgIpc) is 3.27. The minimum Gasteiger partial charge on any atom is -0.454 e. The van der Waals surface area contributed by atoms with Crippen LogP contribution in [0.25, 0.3) is 55.4 Å². The maximum atomic E-state index is 15.4. The minimum absolute atomic E-state index is 0.113. The Bertz CT molecular complexity index is 1800. The quantitative estimate of drug-likeness (QED) is 0.221. The van der Waals surface area contributed by atoms with Crippen LogP contribution in [0.3, 0.4) is 0 Å². The van der Waals surface area contributed by atoms with E-state index in [1.807, 2.05) is 43.6 Å². The number of fused-ring (bicyclic) bond motifs is 3. The molecule has 2 nitrogen and oxygen atoms in total. The second-order valence-corrected chi connectivity index (χ2v) is 11.1. The molecule has 0 amide bonds. The number of pyridine rings is 1. The number of furan rings is 1. The van der Waals surface area contributed by atoms with Gasteiger partial charge in [0, 0.05) is 22.9 Å². The lowest BCUT2D eigenvalue weighted by Crippen LogP contribution is -2.30. The van der Waals surface area contributed by atoms with Crippen molar-refractivity contribution in [2.75, 3.05) is 0 Å². The van der Waals surface area contributed by atoms with Gasteiger partial charge in [0.05, 0.1) is 11.1 Å². The molecule has 0 atom stereocenters. The Labute approximate surface area is 223 Å². The first-order valence-corrected chi connectivity index (χ1v) is 13.0. The van der Waals surface area contributed by atoms with Crippen LogP contribution in [0.15, 0.2) is 102 Å². The number of nitrogens with zero attached hydrogens (tertiary/aromatic N) is 1. The summed E-state index contributed by atoms with van der Waals surface area (Å²) in [5, 5.41) is 1.90. The van der Waals surface area contributed by atoms with Crippen LogP contribution in [-0.4, -0.2) is 0 Å². The molecule has 6 rings (SSSR count). The summed E-state index contributed by atoms with van der Waals surface area (Å²) in [6.45, 7) is 8.74. The molecule has 0 aliphatic heterocycles. The van der Waals surface area contributed by atoms with E-state index in [4.69, 9.17) is 4.42 Å². The number of hydrogen-bond acceptors (Lipinski definition) is 1. The molecule has 0 saturated heterocycles. The molecule has 188 valence electrons. The average molecular weight is 501 g/mol. The molecule has 0 N–H and O–H groups in total. The largest absolute Gasteiger partial charge is 0.454 e. The van der Waals surface area contributed by atoms with Crippen LogP contribution in [0.1, 0.15) is 31.9 Å². The number of aryl methyl sites for hydroxylation is 2. The van der Waals surface area contributed by atoms with Gasteiger partial charge in [-0.05, 0) is 58.4 Å². The molecular weight excluding hydrogens is 469 g/mol. The van der Waals surface area contributed by atoms with Crippen molar-refractivity contribution in [3.63, 3.8) is 0 Å². The molecule has 0 unspecified atom stereocenters. The fourth-order valence-corrected chi connectivity index (χ4v) is 5.34. The van der Waals surface area contributed by atoms with Gasteiger partial charge in [0.15, 0.2) is 6.20 Å². The molecule has 2 aromatic heterocycles. The van der Waals surface area contributed by atoms with Crippen LogP contribution < -0.4 is 4.57 Å². The van der Waals surface area contributed by atoms with E-state index in [-0.39, 0.29) is 11.2 Å². The van der Waals surface area contributed by atoms with Gasteiger partial charge in [0.25, 0.3) is 0 Å². The van der Waals surface area contributed by atoms with Gasteiger partial charge < -0.3 is 4.42 Å². The van der Waals surface area contributed by atoms with Gasteiger partial charge in [-0.2, -0.15) is 0 Å². The lowest BCUT2D eigenvalue weighted by molar-refractivity contribution is -0.660. The Balaban J connectivity index is 1.49. The van der Waals surface area contributed by atoms with Gasteiger partial charge >= 0.3 is 0 Å². The summed E-state index contributed by atoms with van der Waals surface area (Å²) in [5.74, 6) is -0.289. The van der Waals surface area contributed by atoms with E-state index in [9.17, 15) is 0 Å².